The standard InChI is InChI=1S/C39H19F24OP2.C5H5.Fe/c1-17(64-66(28-13-22(36(52,53)54)7-23(14-28)37(55,56)57)29-15-24(38(58,59)60)8-25(16-29)39(61,62)63)30-3-2-4-31(30)65(26-9-18(32(40,41)42)5-19(10-26)33(43,44)45)27-11-20(34(46,47)48)6-21(12-27)35(49,50)51;1-2-4-5-3-1;/h2-17H,1H3;1-5H;/q;;+2/t17-;;/m1../s1. The van der Waals surface area contributed by atoms with Gasteiger partial charge in [-0.05, 0) is 150 Å². The Hall–Kier alpha value is -3.46. The Labute approximate surface area is 406 Å². The molecule has 2 fully saturated rings. The third kappa shape index (κ3) is 15.6. The Bertz CT molecular complexity index is 2190. The Morgan fingerprint density at radius 3 is 0.764 bits per heavy atom. The largest absolute Gasteiger partial charge is 2.00 e. The van der Waals surface area contributed by atoms with Gasteiger partial charge in [-0.2, -0.15) is 105 Å². The van der Waals surface area contributed by atoms with Gasteiger partial charge in [0.05, 0.1) is 58.8 Å². The van der Waals surface area contributed by atoms with Gasteiger partial charge in [-0.1, -0.05) is 0 Å². The molecule has 0 spiro atoms. The fourth-order valence-corrected chi connectivity index (χ4v) is 11.1. The van der Waals surface area contributed by atoms with E-state index >= 15 is 0 Å². The summed E-state index contributed by atoms with van der Waals surface area (Å²) in [5.74, 6) is -0.725. The summed E-state index contributed by atoms with van der Waals surface area (Å²) >= 11 is 0. The van der Waals surface area contributed by atoms with Crippen LogP contribution in [0.15, 0.2) is 72.8 Å². The summed E-state index contributed by atoms with van der Waals surface area (Å²) in [4.78, 5) is 0. The number of benzene rings is 4. The topological polar surface area (TPSA) is 9.23 Å². The van der Waals surface area contributed by atoms with Crippen molar-refractivity contribution in [1.82, 2.24) is 0 Å². The van der Waals surface area contributed by atoms with Gasteiger partial charge in [0.15, 0.2) is 0 Å². The monoisotopic (exact) mass is 1140 g/mol. The summed E-state index contributed by atoms with van der Waals surface area (Å²) in [7, 11) is -7.46. The van der Waals surface area contributed by atoms with Crippen molar-refractivity contribution in [1.29, 1.82) is 0 Å². The van der Waals surface area contributed by atoms with E-state index in [4.69, 9.17) is 4.52 Å². The molecule has 0 saturated heterocycles. The van der Waals surface area contributed by atoms with Gasteiger partial charge in [0.1, 0.15) is 0 Å². The van der Waals surface area contributed by atoms with Crippen LogP contribution in [0.1, 0.15) is 51.4 Å². The first kappa shape index (κ1) is 61.1. The second-order valence-corrected chi connectivity index (χ2v) is 18.8. The normalized spacial score (nSPS) is 16.5. The van der Waals surface area contributed by atoms with Crippen molar-refractivity contribution in [3.05, 3.63) is 180 Å². The molecule has 0 unspecified atom stereocenters. The molecule has 390 valence electrons. The molecule has 2 aliphatic carbocycles. The predicted molar refractivity (Wildman–Crippen MR) is 210 cm³/mol. The maximum Gasteiger partial charge on any atom is 2.00 e. The summed E-state index contributed by atoms with van der Waals surface area (Å²) in [6.45, 7) is 0.721. The van der Waals surface area contributed by atoms with Crippen molar-refractivity contribution in [3.8, 4) is 0 Å². The van der Waals surface area contributed by atoms with E-state index in [1.165, 1.54) is 0 Å². The van der Waals surface area contributed by atoms with Gasteiger partial charge in [0.2, 0.25) is 0 Å². The molecule has 4 aromatic carbocycles. The summed E-state index contributed by atoms with van der Waals surface area (Å²) < 4.78 is 343. The first-order valence-electron chi connectivity index (χ1n) is 19.0. The Morgan fingerprint density at radius 2 is 0.542 bits per heavy atom. The van der Waals surface area contributed by atoms with Crippen molar-refractivity contribution < 1.29 is 127 Å². The van der Waals surface area contributed by atoms with Crippen molar-refractivity contribution >= 4 is 37.3 Å². The maximum atomic E-state index is 14.1. The summed E-state index contributed by atoms with van der Waals surface area (Å²) in [6.07, 6.45) is -35.5. The molecule has 0 heterocycles. The Morgan fingerprint density at radius 1 is 0.319 bits per heavy atom. The molecule has 1 nitrogen and oxygen atoms in total. The number of hydrogen-bond acceptors (Lipinski definition) is 1. The van der Waals surface area contributed by atoms with Gasteiger partial charge < -0.3 is 4.52 Å². The first-order chi connectivity index (χ1) is 32.2. The van der Waals surface area contributed by atoms with Gasteiger partial charge in [-0.25, -0.2) is 0 Å². The molecule has 2 aliphatic rings. The molecule has 0 aliphatic heterocycles. The zero-order valence-electron chi connectivity index (χ0n) is 34.9. The van der Waals surface area contributed by atoms with Crippen molar-refractivity contribution in [3.63, 3.8) is 0 Å². The molecule has 72 heavy (non-hydrogen) atoms. The van der Waals surface area contributed by atoms with Crippen LogP contribution >= 0.6 is 16.1 Å². The zero-order valence-corrected chi connectivity index (χ0v) is 37.7. The third-order valence-corrected chi connectivity index (χ3v) is 14.0. The van der Waals surface area contributed by atoms with Gasteiger partial charge in [-0.3, -0.25) is 0 Å². The summed E-state index contributed by atoms with van der Waals surface area (Å²) in [5.41, 5.74) is -18.1. The minimum atomic E-state index is -5.71. The second kappa shape index (κ2) is 22.0. The van der Waals surface area contributed by atoms with Gasteiger partial charge in [-0.15, -0.1) is 0 Å². The van der Waals surface area contributed by atoms with Crippen LogP contribution in [0.2, 0.25) is 0 Å². The molecule has 0 bridgehead atoms. The van der Waals surface area contributed by atoms with E-state index in [2.05, 4.69) is 0 Å². The first-order valence-corrected chi connectivity index (χ1v) is 21.6. The Balaban J connectivity index is 0.00000176. The minimum absolute atomic E-state index is 0. The van der Waals surface area contributed by atoms with Crippen molar-refractivity contribution in [2.45, 2.75) is 62.4 Å². The SMILES string of the molecule is C[C@@H](OP(c1cc(C(F)(F)F)cc(C(F)(F)F)c1)c1cc(C(F)(F)F)cc(C(F)(F)F)c1)[C]1[CH][CH][CH][C]1P(c1cc(C(F)(F)F)cc(C(F)(F)F)c1)c1cc(C(F)(F)F)cc(C(F)(F)F)c1.[CH]1[CH][CH][CH][CH]1.[Fe+2]. The molecule has 28 heteroatoms. The molecule has 0 aromatic heterocycles. The van der Waals surface area contributed by atoms with E-state index in [9.17, 15) is 105 Å². The average molecular weight is 1140 g/mol. The van der Waals surface area contributed by atoms with E-state index in [1.807, 2.05) is 32.1 Å². The predicted octanol–water partition coefficient (Wildman–Crippen LogP) is 15.5. The van der Waals surface area contributed by atoms with Crippen LogP contribution in [0.3, 0.4) is 0 Å². The van der Waals surface area contributed by atoms with E-state index in [-0.39, 0.29) is 65.6 Å². The minimum Gasteiger partial charge on any atom is -0.346 e. The number of halogens is 24. The number of rotatable bonds is 8. The molecule has 2 saturated carbocycles. The van der Waals surface area contributed by atoms with Crippen molar-refractivity contribution in [2.24, 2.45) is 0 Å². The van der Waals surface area contributed by atoms with Gasteiger partial charge in [0, 0.05) is 22.2 Å². The molecule has 10 radical (unpaired) electrons. The zero-order chi connectivity index (χ0) is 53.7. The quantitative estimate of drug-likeness (QED) is 0.0971. The second-order valence-electron chi connectivity index (χ2n) is 14.8. The van der Waals surface area contributed by atoms with E-state index < -0.39 is 173 Å². The third-order valence-electron chi connectivity index (χ3n) is 9.60. The van der Waals surface area contributed by atoms with Gasteiger partial charge >= 0.3 is 66.5 Å². The van der Waals surface area contributed by atoms with Crippen LogP contribution in [0.4, 0.5) is 105 Å². The van der Waals surface area contributed by atoms with Crippen LogP contribution in [0, 0.1) is 62.9 Å². The number of alkyl halides is 24. The van der Waals surface area contributed by atoms with Gasteiger partial charge in [0.25, 0.3) is 0 Å². The smallest absolute Gasteiger partial charge is 0.346 e. The molecular formula is C44H24F24FeOP2+2. The van der Waals surface area contributed by atoms with E-state index in [1.54, 1.807) is 0 Å². The molecule has 0 N–H and O–H groups in total. The molecule has 4 aromatic rings. The van der Waals surface area contributed by atoms with E-state index in [0.717, 1.165) is 19.8 Å². The molecule has 1 atom stereocenters. The van der Waals surface area contributed by atoms with E-state index in [0.29, 0.717) is 6.42 Å². The van der Waals surface area contributed by atoms with Crippen LogP contribution in [-0.2, 0) is 71.0 Å². The molecule has 0 amide bonds. The van der Waals surface area contributed by atoms with Crippen LogP contribution < -0.4 is 21.2 Å². The maximum absolute atomic E-state index is 14.1. The Kier molecular flexibility index (Phi) is 18.7. The average Bonchev–Trinajstić information content (AvgIpc) is 3.97. The van der Waals surface area contributed by atoms with Crippen LogP contribution in [0.25, 0.3) is 0 Å². The van der Waals surface area contributed by atoms with Crippen molar-refractivity contribution in [2.75, 3.05) is 0 Å². The molecular weight excluding hydrogens is 1120 g/mol. The molecule has 6 rings (SSSR count). The fourth-order valence-electron chi connectivity index (χ4n) is 6.45. The fraction of sp³-hybridized carbons (Fsp3) is 0.227. The number of hydrogen-bond donors (Lipinski definition) is 0. The van der Waals surface area contributed by atoms with Crippen LogP contribution in [-0.4, -0.2) is 6.10 Å². The summed E-state index contributed by atoms with van der Waals surface area (Å²) in [6, 6.07) is -2.67. The van der Waals surface area contributed by atoms with Crippen LogP contribution in [0.5, 0.6) is 0 Å². The summed E-state index contributed by atoms with van der Waals surface area (Å²) in [5, 5.41) is -5.30.